The summed E-state index contributed by atoms with van der Waals surface area (Å²) in [5, 5.41) is 3.08. The van der Waals surface area contributed by atoms with E-state index in [1.807, 2.05) is 35.9 Å². The molecule has 1 aromatic carbocycles. The number of thiophene rings is 1. The fourth-order valence-electron chi connectivity index (χ4n) is 3.78. The Morgan fingerprint density at radius 3 is 2.88 bits per heavy atom. The van der Waals surface area contributed by atoms with Crippen LogP contribution in [0, 0.1) is 6.92 Å². The van der Waals surface area contributed by atoms with Gasteiger partial charge in [-0.2, -0.15) is 0 Å². The van der Waals surface area contributed by atoms with Crippen LogP contribution in [0.5, 0.6) is 0 Å². The van der Waals surface area contributed by atoms with E-state index in [0.717, 1.165) is 35.5 Å². The number of ether oxygens (including phenoxy) is 1. The molecule has 168 valence electrons. The fraction of sp³-hybridized carbons (Fsp3) is 0.348. The lowest BCUT2D eigenvalue weighted by Crippen LogP contribution is -2.42. The van der Waals surface area contributed by atoms with E-state index in [1.54, 1.807) is 23.4 Å². The summed E-state index contributed by atoms with van der Waals surface area (Å²) in [5.74, 6) is -0.174. The molecule has 0 saturated carbocycles. The third-order valence-electron chi connectivity index (χ3n) is 5.39. The lowest BCUT2D eigenvalue weighted by molar-refractivity contribution is -0.125. The number of halogens is 1. The predicted octanol–water partition coefficient (Wildman–Crippen LogP) is 4.53. The summed E-state index contributed by atoms with van der Waals surface area (Å²) in [7, 11) is 0. The molecule has 9 heteroatoms. The van der Waals surface area contributed by atoms with E-state index in [0.29, 0.717) is 22.4 Å². The third-order valence-corrected chi connectivity index (χ3v) is 6.62. The number of benzene rings is 1. The highest BCUT2D eigenvalue weighted by Gasteiger charge is 2.22. The van der Waals surface area contributed by atoms with E-state index in [9.17, 15) is 9.59 Å². The molecule has 7 nitrogen and oxygen atoms in total. The van der Waals surface area contributed by atoms with Gasteiger partial charge in [0.15, 0.2) is 0 Å². The van der Waals surface area contributed by atoms with Gasteiger partial charge in [-0.15, -0.1) is 11.3 Å². The van der Waals surface area contributed by atoms with Gasteiger partial charge in [-0.1, -0.05) is 24.9 Å². The highest BCUT2D eigenvalue weighted by molar-refractivity contribution is 7.18. The number of morpholine rings is 1. The minimum atomic E-state index is -0.194. The first-order valence-electron chi connectivity index (χ1n) is 10.6. The molecule has 0 spiro atoms. The summed E-state index contributed by atoms with van der Waals surface area (Å²) in [6.45, 7) is 5.29. The van der Waals surface area contributed by atoms with Crippen LogP contribution in [0.15, 0.2) is 42.9 Å². The van der Waals surface area contributed by atoms with Crippen molar-refractivity contribution in [1.82, 2.24) is 14.9 Å². The number of rotatable bonds is 7. The van der Waals surface area contributed by atoms with E-state index < -0.39 is 0 Å². The van der Waals surface area contributed by atoms with Crippen molar-refractivity contribution in [1.29, 1.82) is 0 Å². The zero-order valence-electron chi connectivity index (χ0n) is 18.0. The molecule has 3 heterocycles. The van der Waals surface area contributed by atoms with Crippen molar-refractivity contribution in [3.8, 4) is 5.69 Å². The van der Waals surface area contributed by atoms with E-state index in [2.05, 4.69) is 17.2 Å². The number of imidazole rings is 1. The number of carbonyl (C=O) groups excluding carboxylic acids is 2. The Balaban J connectivity index is 1.53. The fourth-order valence-corrected chi connectivity index (χ4v) is 4.73. The molecule has 1 saturated heterocycles. The van der Waals surface area contributed by atoms with Gasteiger partial charge in [0.05, 0.1) is 33.9 Å². The Morgan fingerprint density at radius 1 is 1.34 bits per heavy atom. The van der Waals surface area contributed by atoms with Crippen LogP contribution in [0.25, 0.3) is 5.69 Å². The van der Waals surface area contributed by atoms with Crippen molar-refractivity contribution in [2.45, 2.75) is 32.7 Å². The van der Waals surface area contributed by atoms with Gasteiger partial charge in [0.25, 0.3) is 11.8 Å². The van der Waals surface area contributed by atoms with Crippen molar-refractivity contribution in [3.63, 3.8) is 0 Å². The topological polar surface area (TPSA) is 76.5 Å². The Labute approximate surface area is 196 Å². The Kier molecular flexibility index (Phi) is 6.93. The standard InChI is InChI=1S/C23H25ClN4O3S/c1-3-4-17(26-23(30)20-7-8-21(24)32-20)18-12-27(14-25-18)16-5-6-19(15(2)11-16)28-9-10-31-13-22(28)29/h5-8,11-12,14,17H,3-4,9-10,13H2,1-2H3,(H,26,30). The number of anilines is 1. The number of amides is 2. The van der Waals surface area contributed by atoms with Crippen LogP contribution in [0.2, 0.25) is 4.34 Å². The maximum Gasteiger partial charge on any atom is 0.261 e. The lowest BCUT2D eigenvalue weighted by Gasteiger charge is -2.28. The molecule has 3 aromatic rings. The van der Waals surface area contributed by atoms with Gasteiger partial charge in [0.1, 0.15) is 6.61 Å². The normalized spacial score (nSPS) is 15.1. The predicted molar refractivity (Wildman–Crippen MR) is 126 cm³/mol. The SMILES string of the molecule is CCCC(NC(=O)c1ccc(Cl)s1)c1cn(-c2ccc(N3CCOCC3=O)c(C)c2)cn1. The second-order valence-corrected chi connectivity index (χ2v) is 9.41. The molecule has 0 bridgehead atoms. The first-order chi connectivity index (χ1) is 15.5. The molecule has 0 aliphatic carbocycles. The summed E-state index contributed by atoms with van der Waals surface area (Å²) in [4.78, 5) is 31.7. The van der Waals surface area contributed by atoms with E-state index in [1.165, 1.54) is 11.3 Å². The molecule has 1 atom stereocenters. The molecule has 1 aliphatic heterocycles. The molecule has 1 unspecified atom stereocenters. The van der Waals surface area contributed by atoms with Crippen molar-refractivity contribution < 1.29 is 14.3 Å². The molecule has 1 aliphatic rings. The summed E-state index contributed by atoms with van der Waals surface area (Å²) in [5.41, 5.74) is 3.64. The second-order valence-electron chi connectivity index (χ2n) is 7.69. The first-order valence-corrected chi connectivity index (χ1v) is 11.7. The average Bonchev–Trinajstić information content (AvgIpc) is 3.43. The largest absolute Gasteiger partial charge is 0.370 e. The van der Waals surface area contributed by atoms with Crippen LogP contribution in [-0.4, -0.2) is 41.1 Å². The van der Waals surface area contributed by atoms with Crippen molar-refractivity contribution >= 4 is 40.4 Å². The minimum Gasteiger partial charge on any atom is -0.370 e. The molecule has 0 radical (unpaired) electrons. The number of aromatic nitrogens is 2. The average molecular weight is 473 g/mol. The molecule has 2 amide bonds. The highest BCUT2D eigenvalue weighted by Crippen LogP contribution is 2.26. The third kappa shape index (κ3) is 4.87. The van der Waals surface area contributed by atoms with Crippen LogP contribution >= 0.6 is 22.9 Å². The maximum absolute atomic E-state index is 12.6. The molecular weight excluding hydrogens is 448 g/mol. The lowest BCUT2D eigenvalue weighted by atomic mass is 10.1. The van der Waals surface area contributed by atoms with Crippen molar-refractivity contribution in [3.05, 3.63) is 63.3 Å². The second kappa shape index (κ2) is 9.85. The summed E-state index contributed by atoms with van der Waals surface area (Å²) in [6, 6.07) is 9.22. The number of nitrogens with zero attached hydrogens (tertiary/aromatic N) is 3. The zero-order chi connectivity index (χ0) is 22.7. The number of nitrogens with one attached hydrogen (secondary N) is 1. The minimum absolute atomic E-state index is 0.0257. The molecule has 1 fully saturated rings. The van der Waals surface area contributed by atoms with Gasteiger partial charge in [0, 0.05) is 24.1 Å². The number of aryl methyl sites for hydroxylation is 1. The first kappa shape index (κ1) is 22.5. The molecule has 32 heavy (non-hydrogen) atoms. The molecular formula is C23H25ClN4O3S. The van der Waals surface area contributed by atoms with Crippen molar-refractivity contribution in [2.24, 2.45) is 0 Å². The highest BCUT2D eigenvalue weighted by atomic mass is 35.5. The van der Waals surface area contributed by atoms with E-state index >= 15 is 0 Å². The quantitative estimate of drug-likeness (QED) is 0.548. The Morgan fingerprint density at radius 2 is 2.19 bits per heavy atom. The van der Waals surface area contributed by atoms with E-state index in [-0.39, 0.29) is 24.5 Å². The maximum atomic E-state index is 12.6. The van der Waals surface area contributed by atoms with Crippen LogP contribution in [0.1, 0.15) is 46.7 Å². The Bertz CT molecular complexity index is 1130. The molecule has 2 aromatic heterocycles. The smallest absolute Gasteiger partial charge is 0.261 e. The summed E-state index contributed by atoms with van der Waals surface area (Å²) < 4.78 is 7.75. The van der Waals surface area contributed by atoms with Crippen molar-refractivity contribution in [2.75, 3.05) is 24.7 Å². The Hall–Kier alpha value is -2.68. The van der Waals surface area contributed by atoms with E-state index in [4.69, 9.17) is 16.3 Å². The van der Waals surface area contributed by atoms with Gasteiger partial charge in [0.2, 0.25) is 0 Å². The van der Waals surface area contributed by atoms with Gasteiger partial charge < -0.3 is 19.5 Å². The van der Waals surface area contributed by atoms with Crippen LogP contribution < -0.4 is 10.2 Å². The van der Waals surface area contributed by atoms with Crippen LogP contribution in [0.4, 0.5) is 5.69 Å². The zero-order valence-corrected chi connectivity index (χ0v) is 19.6. The van der Waals surface area contributed by atoms with Gasteiger partial charge >= 0.3 is 0 Å². The molecule has 1 N–H and O–H groups in total. The van der Waals surface area contributed by atoms with Gasteiger partial charge in [-0.05, 0) is 49.2 Å². The monoisotopic (exact) mass is 472 g/mol. The number of hydrogen-bond donors (Lipinski definition) is 1. The van der Waals surface area contributed by atoms with Crippen LogP contribution in [0.3, 0.4) is 0 Å². The summed E-state index contributed by atoms with van der Waals surface area (Å²) in [6.07, 6.45) is 5.38. The molecule has 4 rings (SSSR count). The van der Waals surface area contributed by atoms with Gasteiger partial charge in [-0.25, -0.2) is 4.98 Å². The van der Waals surface area contributed by atoms with Crippen LogP contribution in [-0.2, 0) is 9.53 Å². The van der Waals surface area contributed by atoms with Gasteiger partial charge in [-0.3, -0.25) is 9.59 Å². The number of carbonyl (C=O) groups is 2. The summed E-state index contributed by atoms with van der Waals surface area (Å²) >= 11 is 7.23. The number of hydrogen-bond acceptors (Lipinski definition) is 5.